The Balaban J connectivity index is 5.18. The lowest BCUT2D eigenvalue weighted by Gasteiger charge is -2.21. The van der Waals surface area contributed by atoms with Gasteiger partial charge in [0.25, 0.3) is 0 Å². The predicted octanol–water partition coefficient (Wildman–Crippen LogP) is 18.3. The summed E-state index contributed by atoms with van der Waals surface area (Å²) >= 11 is 0. The average Bonchev–Trinajstić information content (AvgIpc) is 3.62. The van der Waals surface area contributed by atoms with Crippen LogP contribution in [0.3, 0.4) is 0 Å². The van der Waals surface area contributed by atoms with E-state index in [1.807, 2.05) is 0 Å². The zero-order valence-electron chi connectivity index (χ0n) is 55.1. The highest BCUT2D eigenvalue weighted by Crippen LogP contribution is 2.45. The zero-order chi connectivity index (χ0) is 63.1. The van der Waals surface area contributed by atoms with Gasteiger partial charge >= 0.3 is 39.5 Å². The Labute approximate surface area is 517 Å². The Bertz CT molecular complexity index is 1690. The van der Waals surface area contributed by atoms with Crippen molar-refractivity contribution in [2.45, 2.75) is 343 Å². The van der Waals surface area contributed by atoms with Crippen molar-refractivity contribution in [2.75, 3.05) is 39.6 Å². The largest absolute Gasteiger partial charge is 0.472 e. The van der Waals surface area contributed by atoms with E-state index in [1.165, 1.54) is 128 Å². The van der Waals surface area contributed by atoms with E-state index >= 15 is 0 Å². The molecule has 17 nitrogen and oxygen atoms in total. The minimum absolute atomic E-state index is 0.104. The monoisotopic (exact) mass is 1250 g/mol. The molecule has 0 rings (SSSR count). The van der Waals surface area contributed by atoms with Gasteiger partial charge in [-0.05, 0) is 43.4 Å². The highest BCUT2D eigenvalue weighted by molar-refractivity contribution is 7.47. The summed E-state index contributed by atoms with van der Waals surface area (Å²) in [4.78, 5) is 72.1. The summed E-state index contributed by atoms with van der Waals surface area (Å²) in [7, 11) is -9.89. The molecule has 0 aliphatic carbocycles. The zero-order valence-corrected chi connectivity index (χ0v) is 56.9. The number of aliphatic hydroxyl groups excluding tert-OH is 1. The van der Waals surface area contributed by atoms with Crippen LogP contribution in [0, 0.1) is 17.8 Å². The lowest BCUT2D eigenvalue weighted by Crippen LogP contribution is -2.30. The van der Waals surface area contributed by atoms with Crippen molar-refractivity contribution >= 4 is 39.5 Å². The van der Waals surface area contributed by atoms with E-state index in [-0.39, 0.29) is 25.7 Å². The number of carbonyl (C=O) groups is 4. The number of phosphoric acid groups is 2. The first-order chi connectivity index (χ1) is 40.8. The highest BCUT2D eigenvalue weighted by atomic mass is 31.2. The summed E-state index contributed by atoms with van der Waals surface area (Å²) in [6, 6.07) is 0. The van der Waals surface area contributed by atoms with E-state index in [2.05, 4.69) is 48.5 Å². The maximum absolute atomic E-state index is 13.0. The fourth-order valence-corrected chi connectivity index (χ4v) is 11.3. The molecule has 0 bridgehead atoms. The highest BCUT2D eigenvalue weighted by Gasteiger charge is 2.30. The first-order valence-corrected chi connectivity index (χ1v) is 37.4. The number of ether oxygens (including phenoxy) is 4. The molecule has 0 aromatic heterocycles. The molecule has 3 N–H and O–H groups in total. The summed E-state index contributed by atoms with van der Waals surface area (Å²) in [6.07, 6.45) is 39.2. The molecule has 0 aromatic rings. The van der Waals surface area contributed by atoms with Gasteiger partial charge in [-0.25, -0.2) is 9.13 Å². The second kappa shape index (κ2) is 57.2. The second-order valence-corrected chi connectivity index (χ2v) is 27.7. The predicted molar refractivity (Wildman–Crippen MR) is 340 cm³/mol. The molecule has 0 spiro atoms. The molecule has 85 heavy (non-hydrogen) atoms. The van der Waals surface area contributed by atoms with Crippen molar-refractivity contribution in [3.05, 3.63) is 0 Å². The molecule has 0 radical (unpaired) electrons. The van der Waals surface area contributed by atoms with E-state index in [4.69, 9.17) is 37.0 Å². The van der Waals surface area contributed by atoms with Crippen LogP contribution in [0.2, 0.25) is 0 Å². The summed E-state index contributed by atoms with van der Waals surface area (Å²) in [5, 5.41) is 10.5. The molecule has 0 aromatic carbocycles. The number of aliphatic hydroxyl groups is 1. The van der Waals surface area contributed by atoms with Gasteiger partial charge in [-0.15, -0.1) is 0 Å². The van der Waals surface area contributed by atoms with E-state index < -0.39 is 97.5 Å². The lowest BCUT2D eigenvalue weighted by molar-refractivity contribution is -0.161. The molecular formula is C66H128O17P2. The van der Waals surface area contributed by atoms with E-state index in [1.54, 1.807) is 0 Å². The van der Waals surface area contributed by atoms with Crippen LogP contribution in [0.5, 0.6) is 0 Å². The number of esters is 4. The third-order valence-corrected chi connectivity index (χ3v) is 17.8. The number of rotatable bonds is 64. The van der Waals surface area contributed by atoms with Crippen LogP contribution in [-0.4, -0.2) is 96.7 Å². The maximum Gasteiger partial charge on any atom is 0.472 e. The quantitative estimate of drug-likeness (QED) is 0.0222. The van der Waals surface area contributed by atoms with Gasteiger partial charge in [0.1, 0.15) is 19.3 Å². The minimum atomic E-state index is -4.95. The lowest BCUT2D eigenvalue weighted by atomic mass is 9.99. The number of phosphoric ester groups is 2. The van der Waals surface area contributed by atoms with Gasteiger partial charge in [-0.2, -0.15) is 0 Å². The van der Waals surface area contributed by atoms with Crippen molar-refractivity contribution in [1.29, 1.82) is 0 Å². The van der Waals surface area contributed by atoms with Crippen molar-refractivity contribution < 1.29 is 80.2 Å². The Morgan fingerprint density at radius 2 is 0.600 bits per heavy atom. The molecule has 0 saturated carbocycles. The molecule has 504 valence electrons. The third-order valence-electron chi connectivity index (χ3n) is 15.9. The molecule has 0 fully saturated rings. The summed E-state index contributed by atoms with van der Waals surface area (Å²) in [6.45, 7) is 11.7. The minimum Gasteiger partial charge on any atom is -0.462 e. The number of unbranched alkanes of at least 4 members (excludes halogenated alkanes) is 30. The van der Waals surface area contributed by atoms with Crippen LogP contribution in [0.25, 0.3) is 0 Å². The van der Waals surface area contributed by atoms with E-state index in [9.17, 15) is 43.2 Å². The van der Waals surface area contributed by atoms with Crippen molar-refractivity contribution in [2.24, 2.45) is 17.8 Å². The molecular weight excluding hydrogens is 1130 g/mol. The standard InChI is InChI=1S/C66H128O17P2/c1-8-11-12-30-40-47-63(68)76-53-61(82-66(71)50-43-36-29-23-21-26-33-39-46-59(7)10-3)55-80-84(72,73)78-51-60(67)52-79-85(74,75)81-56-62(54-77-64(69)48-41-34-27-22-20-25-32-38-45-58(6)9-2)83-65(70)49-42-35-28-19-17-15-13-14-16-18-24-31-37-44-57(4)5/h57-62,67H,8-56H2,1-7H3,(H,72,73)(H,74,75)/t58?,59?,60-,61+,62+/m0/s1. The SMILES string of the molecule is CCCCCCCC(=O)OC[C@H](COP(=O)(O)OC[C@H](O)COP(=O)(O)OC[C@@H](COC(=O)CCCCCCCCCCC(C)CC)OC(=O)CCCCCCCCCCCCCCCC(C)C)OC(=O)CCCCCCCCCCC(C)CC. The smallest absolute Gasteiger partial charge is 0.462 e. The topological polar surface area (TPSA) is 237 Å². The Morgan fingerprint density at radius 1 is 0.341 bits per heavy atom. The fraction of sp³-hybridized carbons (Fsp3) is 0.939. The van der Waals surface area contributed by atoms with Gasteiger partial charge in [0.05, 0.1) is 26.4 Å². The van der Waals surface area contributed by atoms with Gasteiger partial charge in [0.2, 0.25) is 0 Å². The number of hydrogen-bond donors (Lipinski definition) is 3. The van der Waals surface area contributed by atoms with E-state index in [0.717, 1.165) is 114 Å². The molecule has 0 aliphatic heterocycles. The second-order valence-electron chi connectivity index (χ2n) is 24.8. The maximum atomic E-state index is 13.0. The van der Waals surface area contributed by atoms with Crippen LogP contribution < -0.4 is 0 Å². The van der Waals surface area contributed by atoms with Crippen molar-refractivity contribution in [3.63, 3.8) is 0 Å². The van der Waals surface area contributed by atoms with Crippen LogP contribution in [-0.2, 0) is 65.4 Å². The van der Waals surface area contributed by atoms with Crippen molar-refractivity contribution in [3.8, 4) is 0 Å². The summed E-state index contributed by atoms with van der Waals surface area (Å²) < 4.78 is 67.9. The molecule has 0 heterocycles. The number of carbonyl (C=O) groups excluding carboxylic acids is 4. The van der Waals surface area contributed by atoms with Crippen LogP contribution in [0.1, 0.15) is 325 Å². The van der Waals surface area contributed by atoms with Crippen LogP contribution >= 0.6 is 15.6 Å². The number of hydrogen-bond acceptors (Lipinski definition) is 15. The first-order valence-electron chi connectivity index (χ1n) is 34.4. The van der Waals surface area contributed by atoms with Crippen molar-refractivity contribution in [1.82, 2.24) is 0 Å². The molecule has 7 atom stereocenters. The molecule has 19 heteroatoms. The summed E-state index contributed by atoms with van der Waals surface area (Å²) in [5.41, 5.74) is 0. The van der Waals surface area contributed by atoms with E-state index in [0.29, 0.717) is 25.7 Å². The molecule has 0 aliphatic rings. The van der Waals surface area contributed by atoms with Gasteiger partial charge in [0.15, 0.2) is 12.2 Å². The van der Waals surface area contributed by atoms with Gasteiger partial charge in [-0.1, -0.05) is 273 Å². The Morgan fingerprint density at radius 3 is 0.894 bits per heavy atom. The Kier molecular flexibility index (Phi) is 55.9. The molecule has 0 saturated heterocycles. The van der Waals surface area contributed by atoms with Gasteiger partial charge < -0.3 is 33.8 Å². The van der Waals surface area contributed by atoms with Crippen LogP contribution in [0.15, 0.2) is 0 Å². The average molecular weight is 1260 g/mol. The van der Waals surface area contributed by atoms with Gasteiger partial charge in [0, 0.05) is 25.7 Å². The summed E-state index contributed by atoms with van der Waals surface area (Å²) in [5.74, 6) is 0.190. The van der Waals surface area contributed by atoms with Crippen LogP contribution in [0.4, 0.5) is 0 Å². The molecule has 0 amide bonds. The fourth-order valence-electron chi connectivity index (χ4n) is 9.77. The third kappa shape index (κ3) is 58.2. The molecule has 4 unspecified atom stereocenters. The Hall–Kier alpha value is -1.94. The normalized spacial score (nSPS) is 15.0. The first kappa shape index (κ1) is 83.1. The van der Waals surface area contributed by atoms with Gasteiger partial charge in [-0.3, -0.25) is 37.3 Å².